The van der Waals surface area contributed by atoms with Crippen LogP contribution in [0.2, 0.25) is 0 Å². The second-order valence-electron chi connectivity index (χ2n) is 5.70. The first-order valence-electron chi connectivity index (χ1n) is 7.55. The third kappa shape index (κ3) is 2.60. The summed E-state index contributed by atoms with van der Waals surface area (Å²) in [5.41, 5.74) is 1.28. The minimum absolute atomic E-state index is 0.128. The first-order valence-corrected chi connectivity index (χ1v) is 8.32. The first-order chi connectivity index (χ1) is 12.0. The topological polar surface area (TPSA) is 115 Å². The lowest BCUT2D eigenvalue weighted by Gasteiger charge is -2.22. The molecule has 0 saturated heterocycles. The van der Waals surface area contributed by atoms with Gasteiger partial charge in [0.15, 0.2) is 5.82 Å². The van der Waals surface area contributed by atoms with E-state index in [1.54, 1.807) is 26.3 Å². The van der Waals surface area contributed by atoms with E-state index in [4.69, 9.17) is 4.42 Å². The highest BCUT2D eigenvalue weighted by atomic mass is 32.1. The summed E-state index contributed by atoms with van der Waals surface area (Å²) in [6.45, 7) is 1.72. The summed E-state index contributed by atoms with van der Waals surface area (Å²) in [5, 5.41) is 13.8. The lowest BCUT2D eigenvalue weighted by molar-refractivity contribution is -0.116. The molecule has 0 spiro atoms. The van der Waals surface area contributed by atoms with Crippen molar-refractivity contribution in [3.63, 3.8) is 0 Å². The van der Waals surface area contributed by atoms with Crippen molar-refractivity contribution in [3.8, 4) is 0 Å². The molecule has 1 aliphatic heterocycles. The van der Waals surface area contributed by atoms with Gasteiger partial charge in [-0.25, -0.2) is 0 Å². The summed E-state index contributed by atoms with van der Waals surface area (Å²) >= 11 is 1.02. The van der Waals surface area contributed by atoms with Crippen molar-refractivity contribution < 1.29 is 14.0 Å². The second kappa shape index (κ2) is 5.81. The van der Waals surface area contributed by atoms with Crippen molar-refractivity contribution in [2.45, 2.75) is 19.3 Å². The molecule has 4 rings (SSSR count). The van der Waals surface area contributed by atoms with E-state index in [0.717, 1.165) is 17.1 Å². The van der Waals surface area contributed by atoms with Crippen molar-refractivity contribution in [3.05, 3.63) is 40.3 Å². The zero-order chi connectivity index (χ0) is 17.6. The van der Waals surface area contributed by atoms with E-state index < -0.39 is 0 Å². The lowest BCUT2D eigenvalue weighted by Crippen LogP contribution is -2.25. The average molecular weight is 358 g/mol. The van der Waals surface area contributed by atoms with Crippen LogP contribution in [0, 0.1) is 6.92 Å². The van der Waals surface area contributed by atoms with Crippen LogP contribution in [0.15, 0.2) is 22.8 Å². The molecule has 25 heavy (non-hydrogen) atoms. The summed E-state index contributed by atoms with van der Waals surface area (Å²) in [5.74, 6) is 0.809. The van der Waals surface area contributed by atoms with Gasteiger partial charge in [-0.15, -0.1) is 5.10 Å². The van der Waals surface area contributed by atoms with E-state index in [1.807, 2.05) is 6.07 Å². The van der Waals surface area contributed by atoms with E-state index in [0.29, 0.717) is 28.0 Å². The number of aromatic nitrogens is 4. The quantitative estimate of drug-likeness (QED) is 0.739. The molecule has 0 bridgehead atoms. The molecule has 3 aromatic heterocycles. The van der Waals surface area contributed by atoms with Crippen LogP contribution in [-0.4, -0.2) is 31.2 Å². The highest BCUT2D eigenvalue weighted by molar-refractivity contribution is 7.08. The number of nitrogens with one attached hydrogen (secondary N) is 2. The summed E-state index contributed by atoms with van der Waals surface area (Å²) in [6, 6.07) is 3.57. The number of anilines is 2. The van der Waals surface area contributed by atoms with Crippen molar-refractivity contribution >= 4 is 35.0 Å². The van der Waals surface area contributed by atoms with E-state index in [2.05, 4.69) is 25.3 Å². The maximum absolute atomic E-state index is 12.5. The Balaban J connectivity index is 1.75. The van der Waals surface area contributed by atoms with Gasteiger partial charge in [0.1, 0.15) is 16.5 Å². The number of hydrogen-bond donors (Lipinski definition) is 2. The standard InChI is InChI=1S/C15H14N6O3S/c1-7-12(25-20-18-7)15(23)17-13-11-8(9-4-3-5-24-9)6-10(22)16-14(11)21(2)19-13/h3-5,8H,6H2,1-2H3,(H,16,22)(H,17,19,23)/t8-/m0/s1. The van der Waals surface area contributed by atoms with E-state index >= 15 is 0 Å². The minimum atomic E-state index is -0.330. The van der Waals surface area contributed by atoms with Crippen LogP contribution >= 0.6 is 11.5 Å². The SMILES string of the molecule is Cc1nnsc1C(=O)Nc1nn(C)c2c1[C@H](c1ccco1)CC(=O)N2. The minimum Gasteiger partial charge on any atom is -0.469 e. The Morgan fingerprint density at radius 3 is 3.04 bits per heavy atom. The van der Waals surface area contributed by atoms with E-state index in [1.165, 1.54) is 4.68 Å². The van der Waals surface area contributed by atoms with Gasteiger partial charge in [0.25, 0.3) is 5.91 Å². The fraction of sp³-hybridized carbons (Fsp3) is 0.267. The van der Waals surface area contributed by atoms with Gasteiger partial charge in [-0.05, 0) is 30.6 Å². The van der Waals surface area contributed by atoms with Gasteiger partial charge in [0, 0.05) is 13.5 Å². The van der Waals surface area contributed by atoms with Crippen molar-refractivity contribution in [1.29, 1.82) is 0 Å². The summed E-state index contributed by atoms with van der Waals surface area (Å²) in [7, 11) is 1.71. The van der Waals surface area contributed by atoms with Crippen LogP contribution in [-0.2, 0) is 11.8 Å². The molecular weight excluding hydrogens is 344 g/mol. The maximum atomic E-state index is 12.5. The van der Waals surface area contributed by atoms with Crippen LogP contribution in [0.3, 0.4) is 0 Å². The molecule has 0 unspecified atom stereocenters. The molecule has 2 N–H and O–H groups in total. The highest BCUT2D eigenvalue weighted by Gasteiger charge is 2.35. The van der Waals surface area contributed by atoms with E-state index in [9.17, 15) is 9.59 Å². The van der Waals surface area contributed by atoms with Gasteiger partial charge in [-0.2, -0.15) is 5.10 Å². The van der Waals surface area contributed by atoms with Gasteiger partial charge >= 0.3 is 0 Å². The Labute approximate surface area is 146 Å². The molecule has 128 valence electrons. The van der Waals surface area contributed by atoms with Gasteiger partial charge in [0.05, 0.1) is 23.4 Å². The molecule has 2 amide bonds. The molecule has 0 radical (unpaired) electrons. The van der Waals surface area contributed by atoms with Crippen molar-refractivity contribution in [2.24, 2.45) is 7.05 Å². The first kappa shape index (κ1) is 15.5. The zero-order valence-electron chi connectivity index (χ0n) is 13.4. The van der Waals surface area contributed by atoms with Gasteiger partial charge in [-0.1, -0.05) is 4.49 Å². The fourth-order valence-corrected chi connectivity index (χ4v) is 3.47. The number of rotatable bonds is 3. The van der Waals surface area contributed by atoms with E-state index in [-0.39, 0.29) is 24.2 Å². The molecule has 0 saturated carbocycles. The number of furan rings is 1. The predicted octanol–water partition coefficient (Wildman–Crippen LogP) is 1.90. The van der Waals surface area contributed by atoms with Gasteiger partial charge in [0.2, 0.25) is 5.91 Å². The van der Waals surface area contributed by atoms with Crippen LogP contribution in [0.1, 0.15) is 39.0 Å². The van der Waals surface area contributed by atoms with Crippen molar-refractivity contribution in [2.75, 3.05) is 10.6 Å². The number of hydrogen-bond acceptors (Lipinski definition) is 7. The van der Waals surface area contributed by atoms with Crippen LogP contribution in [0.5, 0.6) is 0 Å². The Bertz CT molecular complexity index is 958. The molecule has 1 atom stereocenters. The molecule has 0 aliphatic carbocycles. The lowest BCUT2D eigenvalue weighted by atomic mass is 9.91. The Kier molecular flexibility index (Phi) is 3.61. The summed E-state index contributed by atoms with van der Waals surface area (Å²) < 4.78 is 10.8. The monoisotopic (exact) mass is 358 g/mol. The van der Waals surface area contributed by atoms with Gasteiger partial charge in [-0.3, -0.25) is 14.3 Å². The average Bonchev–Trinajstić information content (AvgIpc) is 3.29. The number of nitrogens with zero attached hydrogens (tertiary/aromatic N) is 4. The highest BCUT2D eigenvalue weighted by Crippen LogP contribution is 2.41. The number of fused-ring (bicyclic) bond motifs is 1. The largest absolute Gasteiger partial charge is 0.469 e. The fourth-order valence-electron chi connectivity index (χ4n) is 2.92. The summed E-state index contributed by atoms with van der Waals surface area (Å²) in [4.78, 5) is 25.0. The third-order valence-corrected chi connectivity index (χ3v) is 4.88. The molecule has 0 aromatic carbocycles. The predicted molar refractivity (Wildman–Crippen MR) is 89.6 cm³/mol. The molecular formula is C15H14N6O3S. The molecule has 4 heterocycles. The van der Waals surface area contributed by atoms with Crippen LogP contribution in [0.25, 0.3) is 0 Å². The summed E-state index contributed by atoms with van der Waals surface area (Å²) in [6.07, 6.45) is 1.78. The smallest absolute Gasteiger partial charge is 0.270 e. The van der Waals surface area contributed by atoms with Crippen molar-refractivity contribution in [1.82, 2.24) is 19.4 Å². The zero-order valence-corrected chi connectivity index (χ0v) is 14.3. The van der Waals surface area contributed by atoms with Gasteiger partial charge < -0.3 is 15.1 Å². The normalized spacial score (nSPS) is 16.4. The Hall–Kier alpha value is -3.01. The molecule has 3 aromatic rings. The number of carbonyl (C=O) groups is 2. The van der Waals surface area contributed by atoms with Crippen LogP contribution < -0.4 is 10.6 Å². The van der Waals surface area contributed by atoms with Crippen LogP contribution in [0.4, 0.5) is 11.6 Å². The molecule has 9 nitrogen and oxygen atoms in total. The number of amides is 2. The third-order valence-electron chi connectivity index (χ3n) is 4.06. The molecule has 0 fully saturated rings. The second-order valence-corrected chi connectivity index (χ2v) is 6.45. The Morgan fingerprint density at radius 2 is 2.36 bits per heavy atom. The maximum Gasteiger partial charge on any atom is 0.270 e. The molecule has 1 aliphatic rings. The Morgan fingerprint density at radius 1 is 1.52 bits per heavy atom. The number of aryl methyl sites for hydroxylation is 2. The number of carbonyl (C=O) groups excluding carboxylic acids is 2. The molecule has 10 heteroatoms.